The molecule has 2 aliphatic rings. The van der Waals surface area contributed by atoms with Crippen LogP contribution < -0.4 is 10.6 Å². The van der Waals surface area contributed by atoms with Crippen LogP contribution in [0, 0.1) is 0 Å². The van der Waals surface area contributed by atoms with E-state index in [2.05, 4.69) is 17.0 Å². The molecule has 2 saturated heterocycles. The van der Waals surface area contributed by atoms with Crippen LogP contribution in [0.5, 0.6) is 0 Å². The van der Waals surface area contributed by atoms with E-state index < -0.39 is 12.3 Å². The lowest BCUT2D eigenvalue weighted by Gasteiger charge is -2.38. The molecule has 2 aliphatic heterocycles. The Morgan fingerprint density at radius 1 is 1.11 bits per heavy atom. The average Bonchev–Trinajstić information content (AvgIpc) is 2.95. The summed E-state index contributed by atoms with van der Waals surface area (Å²) < 4.78 is 10.7. The van der Waals surface area contributed by atoms with Gasteiger partial charge in [-0.2, -0.15) is 0 Å². The quantitative estimate of drug-likeness (QED) is 0.525. The molecule has 2 fully saturated rings. The van der Waals surface area contributed by atoms with Gasteiger partial charge in [-0.25, -0.2) is 9.78 Å². The van der Waals surface area contributed by atoms with Crippen LogP contribution in [0.25, 0.3) is 22.2 Å². The van der Waals surface area contributed by atoms with Crippen LogP contribution in [-0.4, -0.2) is 85.5 Å². The van der Waals surface area contributed by atoms with Crippen molar-refractivity contribution < 1.29 is 19.1 Å². The number of anilines is 1. The highest BCUT2D eigenvalue weighted by molar-refractivity contribution is 6.35. The van der Waals surface area contributed by atoms with Crippen molar-refractivity contribution in [3.05, 3.63) is 59.1 Å². The van der Waals surface area contributed by atoms with E-state index >= 15 is 0 Å². The number of amides is 2. The normalized spacial score (nSPS) is 18.1. The van der Waals surface area contributed by atoms with Crippen molar-refractivity contribution >= 4 is 40.2 Å². The highest BCUT2D eigenvalue weighted by atomic mass is 35.5. The SMILES string of the molecule is CCCOC(=O)N1CCN(C(=O)c2ccc3c(Cl)cc(-c4cccc(N5CCOCC5)c4)nc3c2)C[C@H]1N. The number of pyridine rings is 1. The predicted octanol–water partition coefficient (Wildman–Crippen LogP) is 3.98. The first-order valence-corrected chi connectivity index (χ1v) is 13.3. The second kappa shape index (κ2) is 11.6. The summed E-state index contributed by atoms with van der Waals surface area (Å²) in [7, 11) is 0. The zero-order valence-corrected chi connectivity index (χ0v) is 22.2. The van der Waals surface area contributed by atoms with Gasteiger partial charge in [-0.15, -0.1) is 0 Å². The van der Waals surface area contributed by atoms with Crippen LogP contribution in [0.2, 0.25) is 5.02 Å². The van der Waals surface area contributed by atoms with Gasteiger partial charge in [-0.3, -0.25) is 9.69 Å². The number of carbonyl (C=O) groups excluding carboxylic acids is 2. The van der Waals surface area contributed by atoms with E-state index in [1.54, 1.807) is 17.0 Å². The van der Waals surface area contributed by atoms with Gasteiger partial charge >= 0.3 is 6.09 Å². The Balaban J connectivity index is 1.36. The Morgan fingerprint density at radius 3 is 2.68 bits per heavy atom. The van der Waals surface area contributed by atoms with Crippen molar-refractivity contribution in [3.8, 4) is 11.3 Å². The van der Waals surface area contributed by atoms with Crippen LogP contribution in [0.3, 0.4) is 0 Å². The minimum atomic E-state index is -0.629. The Hall–Kier alpha value is -3.40. The number of nitrogens with two attached hydrogens (primary N) is 1. The standard InChI is InChI=1S/C28H32ClN5O4/c1-2-12-38-28(36)34-9-8-33(18-26(34)30)27(35)20-6-7-22-23(29)17-24(31-25(22)16-20)19-4-3-5-21(15-19)32-10-13-37-14-11-32/h3-7,15-17,26H,2,8-14,18,30H2,1H3/t26-/m0/s1. The number of piperazine rings is 1. The summed E-state index contributed by atoms with van der Waals surface area (Å²) in [6.45, 7) is 6.30. The number of aromatic nitrogens is 1. The molecule has 38 heavy (non-hydrogen) atoms. The maximum absolute atomic E-state index is 13.4. The van der Waals surface area contributed by atoms with E-state index in [1.807, 2.05) is 31.2 Å². The highest BCUT2D eigenvalue weighted by Crippen LogP contribution is 2.31. The molecule has 0 spiro atoms. The third-order valence-corrected chi connectivity index (χ3v) is 7.21. The van der Waals surface area contributed by atoms with Gasteiger partial charge < -0.3 is 25.0 Å². The number of benzene rings is 2. The van der Waals surface area contributed by atoms with E-state index in [4.69, 9.17) is 31.8 Å². The summed E-state index contributed by atoms with van der Waals surface area (Å²) in [5.41, 5.74) is 10.1. The minimum absolute atomic E-state index is 0.165. The van der Waals surface area contributed by atoms with Crippen LogP contribution in [0.4, 0.5) is 10.5 Å². The fourth-order valence-corrected chi connectivity index (χ4v) is 5.09. The molecule has 1 aromatic heterocycles. The van der Waals surface area contributed by atoms with Crippen molar-refractivity contribution in [2.75, 3.05) is 57.4 Å². The number of rotatable bonds is 5. The van der Waals surface area contributed by atoms with Crippen LogP contribution >= 0.6 is 11.6 Å². The lowest BCUT2D eigenvalue weighted by molar-refractivity contribution is 0.0390. The van der Waals surface area contributed by atoms with Gasteiger partial charge in [0.15, 0.2) is 0 Å². The van der Waals surface area contributed by atoms with Crippen molar-refractivity contribution in [2.24, 2.45) is 5.73 Å². The average molecular weight is 538 g/mol. The maximum atomic E-state index is 13.4. The summed E-state index contributed by atoms with van der Waals surface area (Å²) in [5, 5.41) is 1.35. The fraction of sp³-hybridized carbons (Fsp3) is 0.393. The number of halogens is 1. The van der Waals surface area contributed by atoms with E-state index in [0.29, 0.717) is 49.0 Å². The first-order chi connectivity index (χ1) is 18.4. The Labute approximate surface area is 227 Å². The number of fused-ring (bicyclic) bond motifs is 1. The molecule has 0 radical (unpaired) electrons. The molecular formula is C28H32ClN5O4. The zero-order valence-electron chi connectivity index (χ0n) is 21.4. The van der Waals surface area contributed by atoms with Gasteiger partial charge in [-0.05, 0) is 36.8 Å². The third-order valence-electron chi connectivity index (χ3n) is 6.89. The highest BCUT2D eigenvalue weighted by Gasteiger charge is 2.31. The number of carbonyl (C=O) groups is 2. The zero-order chi connectivity index (χ0) is 26.6. The second-order valence-corrected chi connectivity index (χ2v) is 9.90. The van der Waals surface area contributed by atoms with Crippen LogP contribution in [0.1, 0.15) is 23.7 Å². The maximum Gasteiger partial charge on any atom is 0.411 e. The number of hydrogen-bond acceptors (Lipinski definition) is 7. The second-order valence-electron chi connectivity index (χ2n) is 9.50. The molecule has 9 nitrogen and oxygen atoms in total. The Morgan fingerprint density at radius 2 is 1.92 bits per heavy atom. The monoisotopic (exact) mass is 537 g/mol. The van der Waals surface area contributed by atoms with E-state index in [0.717, 1.165) is 41.8 Å². The number of morpholine rings is 1. The molecular weight excluding hydrogens is 506 g/mol. The molecule has 0 unspecified atom stereocenters. The van der Waals surface area contributed by atoms with Crippen molar-refractivity contribution in [1.82, 2.24) is 14.8 Å². The summed E-state index contributed by atoms with van der Waals surface area (Å²) in [6, 6.07) is 15.4. The summed E-state index contributed by atoms with van der Waals surface area (Å²) in [6.07, 6.45) is -0.336. The van der Waals surface area contributed by atoms with Gasteiger partial charge in [0.1, 0.15) is 6.17 Å². The van der Waals surface area contributed by atoms with Crippen LogP contribution in [0.15, 0.2) is 48.5 Å². The first kappa shape index (κ1) is 26.2. The molecule has 2 amide bonds. The lowest BCUT2D eigenvalue weighted by Crippen LogP contribution is -2.60. The molecule has 0 saturated carbocycles. The molecule has 10 heteroatoms. The van der Waals surface area contributed by atoms with Gasteiger partial charge in [0.2, 0.25) is 0 Å². The molecule has 200 valence electrons. The molecule has 3 heterocycles. The fourth-order valence-electron chi connectivity index (χ4n) is 4.83. The summed E-state index contributed by atoms with van der Waals surface area (Å²) in [4.78, 5) is 35.9. The molecule has 0 aliphatic carbocycles. The number of nitrogens with zero attached hydrogens (tertiary/aromatic N) is 4. The summed E-state index contributed by atoms with van der Waals surface area (Å²) >= 11 is 6.65. The van der Waals surface area contributed by atoms with Crippen molar-refractivity contribution in [2.45, 2.75) is 19.5 Å². The molecule has 2 N–H and O–H groups in total. The topological polar surface area (TPSA) is 101 Å². The van der Waals surface area contributed by atoms with Gasteiger partial charge in [0.25, 0.3) is 5.91 Å². The van der Waals surface area contributed by atoms with Gasteiger partial charge in [-0.1, -0.05) is 36.7 Å². The first-order valence-electron chi connectivity index (χ1n) is 13.0. The van der Waals surface area contributed by atoms with E-state index in [9.17, 15) is 9.59 Å². The summed E-state index contributed by atoms with van der Waals surface area (Å²) in [5.74, 6) is -0.165. The van der Waals surface area contributed by atoms with E-state index in [1.165, 1.54) is 4.90 Å². The number of hydrogen-bond donors (Lipinski definition) is 1. The van der Waals surface area contributed by atoms with Crippen LogP contribution in [-0.2, 0) is 9.47 Å². The van der Waals surface area contributed by atoms with Gasteiger partial charge in [0.05, 0.1) is 42.6 Å². The molecule has 5 rings (SSSR count). The van der Waals surface area contributed by atoms with Gasteiger partial charge in [0, 0.05) is 48.4 Å². The van der Waals surface area contributed by atoms with Crippen molar-refractivity contribution in [3.63, 3.8) is 0 Å². The van der Waals surface area contributed by atoms with Crippen molar-refractivity contribution in [1.29, 1.82) is 0 Å². The predicted molar refractivity (Wildman–Crippen MR) is 147 cm³/mol. The number of ether oxygens (including phenoxy) is 2. The Kier molecular flexibility index (Phi) is 7.97. The third kappa shape index (κ3) is 5.55. The van der Waals surface area contributed by atoms with E-state index in [-0.39, 0.29) is 12.5 Å². The smallest absolute Gasteiger partial charge is 0.411 e. The minimum Gasteiger partial charge on any atom is -0.449 e. The molecule has 3 aromatic rings. The largest absolute Gasteiger partial charge is 0.449 e. The lowest BCUT2D eigenvalue weighted by atomic mass is 10.1. The Bertz CT molecular complexity index is 1330. The molecule has 1 atom stereocenters. The molecule has 2 aromatic carbocycles. The molecule has 0 bridgehead atoms.